The van der Waals surface area contributed by atoms with Crippen molar-refractivity contribution in [1.82, 2.24) is 0 Å². The fraction of sp³-hybridized carbons (Fsp3) is 0.455. The number of hydrogen-bond donors (Lipinski definition) is 1. The fourth-order valence-electron chi connectivity index (χ4n) is 2.00. The molecule has 0 bridgehead atoms. The van der Waals surface area contributed by atoms with Gasteiger partial charge in [-0.1, -0.05) is 37.3 Å². The quantitative estimate of drug-likeness (QED) is 0.776. The summed E-state index contributed by atoms with van der Waals surface area (Å²) >= 11 is 12.3. The van der Waals surface area contributed by atoms with E-state index in [4.69, 9.17) is 23.2 Å². The molecule has 0 aliphatic heterocycles. The van der Waals surface area contributed by atoms with Crippen molar-refractivity contribution < 1.29 is 5.11 Å². The Hall–Kier alpha value is -0.240. The summed E-state index contributed by atoms with van der Waals surface area (Å²) in [4.78, 5) is 0. The summed E-state index contributed by atoms with van der Waals surface area (Å²) in [6.45, 7) is 1.92. The Kier molecular flexibility index (Phi) is 2.30. The van der Waals surface area contributed by atoms with Crippen molar-refractivity contribution in [3.05, 3.63) is 35.9 Å². The second-order valence-electron chi connectivity index (χ2n) is 4.04. The number of aliphatic hydroxyl groups excluding tert-OH is 1. The summed E-state index contributed by atoms with van der Waals surface area (Å²) in [5.74, 6) is 0.0320. The van der Waals surface area contributed by atoms with Crippen LogP contribution in [0.5, 0.6) is 0 Å². The second-order valence-corrected chi connectivity index (χ2v) is 5.43. The van der Waals surface area contributed by atoms with Crippen molar-refractivity contribution in [1.29, 1.82) is 0 Å². The van der Waals surface area contributed by atoms with Crippen LogP contribution in [-0.4, -0.2) is 16.0 Å². The maximum Gasteiger partial charge on any atom is 0.134 e. The number of hydrogen-bond acceptors (Lipinski definition) is 1. The molecule has 1 aliphatic carbocycles. The molecular formula is C11H12Cl2O. The second kappa shape index (κ2) is 3.13. The molecule has 1 aliphatic rings. The van der Waals surface area contributed by atoms with Crippen molar-refractivity contribution in [3.8, 4) is 0 Å². The minimum absolute atomic E-state index is 0.0135. The molecule has 1 saturated carbocycles. The van der Waals surface area contributed by atoms with Crippen molar-refractivity contribution in [2.24, 2.45) is 5.41 Å². The normalized spacial score (nSPS) is 34.1. The Bertz CT molecular complexity index is 336. The summed E-state index contributed by atoms with van der Waals surface area (Å²) in [5, 5.41) is 9.26. The van der Waals surface area contributed by atoms with Gasteiger partial charge in [-0.15, -0.1) is 23.2 Å². The van der Waals surface area contributed by atoms with Crippen LogP contribution in [0.2, 0.25) is 0 Å². The molecule has 0 heterocycles. The maximum atomic E-state index is 9.26. The van der Waals surface area contributed by atoms with E-state index in [1.807, 2.05) is 37.3 Å². The number of halogens is 2. The van der Waals surface area contributed by atoms with E-state index in [0.717, 1.165) is 5.56 Å². The smallest absolute Gasteiger partial charge is 0.134 e. The number of alkyl halides is 2. The lowest BCUT2D eigenvalue weighted by Gasteiger charge is -2.05. The van der Waals surface area contributed by atoms with Gasteiger partial charge < -0.3 is 5.11 Å². The first-order valence-corrected chi connectivity index (χ1v) is 5.33. The number of benzene rings is 1. The van der Waals surface area contributed by atoms with Crippen LogP contribution in [0.4, 0.5) is 0 Å². The molecule has 14 heavy (non-hydrogen) atoms. The highest BCUT2D eigenvalue weighted by atomic mass is 35.5. The van der Waals surface area contributed by atoms with Crippen molar-refractivity contribution in [2.75, 3.05) is 6.61 Å². The molecule has 1 nitrogen and oxygen atoms in total. The predicted octanol–water partition coefficient (Wildman–Crippen LogP) is 2.96. The van der Waals surface area contributed by atoms with Crippen LogP contribution in [0, 0.1) is 5.41 Å². The highest BCUT2D eigenvalue weighted by Crippen LogP contribution is 2.73. The van der Waals surface area contributed by atoms with Gasteiger partial charge >= 0.3 is 0 Å². The van der Waals surface area contributed by atoms with E-state index in [1.54, 1.807) is 0 Å². The van der Waals surface area contributed by atoms with Gasteiger partial charge in [0.25, 0.3) is 0 Å². The standard InChI is InChI=1S/C11H12Cl2O/c1-10(7-14)9(11(10,12)13)8-5-3-2-4-6-8/h2-6,9,14H,7H2,1H3/t9-,10-/m0/s1. The van der Waals surface area contributed by atoms with Crippen molar-refractivity contribution >= 4 is 23.2 Å². The van der Waals surface area contributed by atoms with Crippen LogP contribution in [-0.2, 0) is 0 Å². The van der Waals surface area contributed by atoms with Gasteiger partial charge in [-0.25, -0.2) is 0 Å². The van der Waals surface area contributed by atoms with Crippen molar-refractivity contribution in [2.45, 2.75) is 17.2 Å². The molecule has 2 rings (SSSR count). The molecule has 0 saturated heterocycles. The van der Waals surface area contributed by atoms with E-state index in [0.29, 0.717) is 0 Å². The summed E-state index contributed by atoms with van der Waals surface area (Å²) in [7, 11) is 0. The molecule has 2 atom stereocenters. The largest absolute Gasteiger partial charge is 0.396 e. The number of aliphatic hydroxyl groups is 1. The average Bonchev–Trinajstić information content (AvgIpc) is 2.63. The zero-order valence-corrected chi connectivity index (χ0v) is 9.39. The SMILES string of the molecule is C[C@]1(CO)[C@H](c2ccccc2)C1(Cl)Cl. The van der Waals surface area contributed by atoms with Crippen molar-refractivity contribution in [3.63, 3.8) is 0 Å². The lowest BCUT2D eigenvalue weighted by Crippen LogP contribution is -2.09. The van der Waals surface area contributed by atoms with Gasteiger partial charge in [-0.05, 0) is 5.56 Å². The molecule has 1 aromatic rings. The molecule has 0 amide bonds. The van der Waals surface area contributed by atoms with E-state index in [-0.39, 0.29) is 12.5 Å². The van der Waals surface area contributed by atoms with Gasteiger partial charge in [0.05, 0.1) is 6.61 Å². The lowest BCUT2D eigenvalue weighted by molar-refractivity contribution is 0.218. The van der Waals surface area contributed by atoms with Gasteiger partial charge in [0, 0.05) is 11.3 Å². The minimum atomic E-state index is -0.830. The summed E-state index contributed by atoms with van der Waals surface area (Å²) < 4.78 is -0.830. The Morgan fingerprint density at radius 2 is 1.86 bits per heavy atom. The zero-order chi connectivity index (χ0) is 10.4. The van der Waals surface area contributed by atoms with Crippen LogP contribution >= 0.6 is 23.2 Å². The van der Waals surface area contributed by atoms with Crippen LogP contribution in [0.15, 0.2) is 30.3 Å². The van der Waals surface area contributed by atoms with E-state index >= 15 is 0 Å². The van der Waals surface area contributed by atoms with Gasteiger partial charge in [0.15, 0.2) is 0 Å². The molecule has 76 valence electrons. The maximum absolute atomic E-state index is 9.26. The molecule has 1 fully saturated rings. The van der Waals surface area contributed by atoms with E-state index < -0.39 is 9.75 Å². The molecule has 3 heteroatoms. The van der Waals surface area contributed by atoms with Crippen LogP contribution < -0.4 is 0 Å². The summed E-state index contributed by atoms with van der Waals surface area (Å²) in [5.41, 5.74) is 0.686. The first-order chi connectivity index (χ1) is 6.54. The van der Waals surface area contributed by atoms with E-state index in [9.17, 15) is 5.11 Å². The van der Waals surface area contributed by atoms with Crippen LogP contribution in [0.1, 0.15) is 18.4 Å². The van der Waals surface area contributed by atoms with Gasteiger partial charge in [-0.3, -0.25) is 0 Å². The Labute approximate surface area is 93.7 Å². The van der Waals surface area contributed by atoms with E-state index in [1.165, 1.54) is 0 Å². The Morgan fingerprint density at radius 3 is 2.29 bits per heavy atom. The Balaban J connectivity index is 2.32. The topological polar surface area (TPSA) is 20.2 Å². The summed E-state index contributed by atoms with van der Waals surface area (Å²) in [6.07, 6.45) is 0. The highest BCUT2D eigenvalue weighted by molar-refractivity contribution is 6.52. The first kappa shape index (κ1) is 10.3. The third kappa shape index (κ3) is 1.19. The average molecular weight is 231 g/mol. The molecule has 1 N–H and O–H groups in total. The Morgan fingerprint density at radius 1 is 1.29 bits per heavy atom. The molecule has 0 radical (unpaired) electrons. The molecule has 0 aromatic heterocycles. The van der Waals surface area contributed by atoms with Gasteiger partial charge in [0.2, 0.25) is 0 Å². The first-order valence-electron chi connectivity index (χ1n) is 4.57. The monoisotopic (exact) mass is 230 g/mol. The van der Waals surface area contributed by atoms with Gasteiger partial charge in [0.1, 0.15) is 4.33 Å². The molecule has 0 unspecified atom stereocenters. The summed E-state index contributed by atoms with van der Waals surface area (Å²) in [6, 6.07) is 9.84. The van der Waals surface area contributed by atoms with Gasteiger partial charge in [-0.2, -0.15) is 0 Å². The van der Waals surface area contributed by atoms with Crippen LogP contribution in [0.25, 0.3) is 0 Å². The third-order valence-electron chi connectivity index (χ3n) is 3.14. The molecule has 0 spiro atoms. The fourth-order valence-corrected chi connectivity index (χ4v) is 2.97. The molecular weight excluding hydrogens is 219 g/mol. The predicted molar refractivity (Wildman–Crippen MR) is 58.8 cm³/mol. The third-order valence-corrected chi connectivity index (χ3v) is 4.44. The van der Waals surface area contributed by atoms with E-state index in [2.05, 4.69) is 0 Å². The highest BCUT2D eigenvalue weighted by Gasteiger charge is 2.73. The molecule has 1 aromatic carbocycles. The lowest BCUT2D eigenvalue weighted by atomic mass is 10.0. The zero-order valence-electron chi connectivity index (χ0n) is 7.87. The number of rotatable bonds is 2. The van der Waals surface area contributed by atoms with Crippen LogP contribution in [0.3, 0.4) is 0 Å². The minimum Gasteiger partial charge on any atom is -0.396 e.